The Hall–Kier alpha value is -3.73. The molecular weight excluding hydrogens is 483 g/mol. The SMILES string of the molecule is Cc1ccc(-c2cc(C(F)(F)F)n3nc(C(=O)N4CCN(Cc5cn(C)nc5C)CC4)cc3n2)cc1C. The normalized spacial score (nSPS) is 15.1. The molecule has 0 radical (unpaired) electrons. The van der Waals surface area contributed by atoms with E-state index in [0.717, 1.165) is 39.5 Å². The van der Waals surface area contributed by atoms with Crippen molar-refractivity contribution in [1.29, 1.82) is 0 Å². The monoisotopic (exact) mass is 511 g/mol. The molecule has 1 amide bonds. The third-order valence-electron chi connectivity index (χ3n) is 6.91. The smallest absolute Gasteiger partial charge is 0.335 e. The first-order valence-corrected chi connectivity index (χ1v) is 12.1. The Labute approximate surface area is 212 Å². The van der Waals surface area contributed by atoms with E-state index in [1.165, 1.54) is 6.07 Å². The summed E-state index contributed by atoms with van der Waals surface area (Å²) in [6.45, 7) is 8.75. The molecule has 0 spiro atoms. The number of piperazine rings is 1. The van der Waals surface area contributed by atoms with Crippen LogP contribution in [0, 0.1) is 20.8 Å². The van der Waals surface area contributed by atoms with Gasteiger partial charge >= 0.3 is 6.18 Å². The number of carbonyl (C=O) groups excluding carboxylic acids is 1. The second kappa shape index (κ2) is 9.29. The van der Waals surface area contributed by atoms with Crippen molar-refractivity contribution in [3.8, 4) is 11.3 Å². The predicted octanol–water partition coefficient (Wildman–Crippen LogP) is 4.03. The highest BCUT2D eigenvalue weighted by atomic mass is 19.4. The molecule has 4 heterocycles. The minimum absolute atomic E-state index is 0.0166. The Morgan fingerprint density at radius 2 is 1.70 bits per heavy atom. The van der Waals surface area contributed by atoms with Crippen molar-refractivity contribution < 1.29 is 18.0 Å². The van der Waals surface area contributed by atoms with Crippen LogP contribution in [0.1, 0.15) is 38.6 Å². The molecule has 194 valence electrons. The lowest BCUT2D eigenvalue weighted by Crippen LogP contribution is -2.48. The third kappa shape index (κ3) is 4.95. The first-order valence-electron chi connectivity index (χ1n) is 12.1. The van der Waals surface area contributed by atoms with Crippen LogP contribution in [-0.2, 0) is 19.8 Å². The van der Waals surface area contributed by atoms with Gasteiger partial charge in [0.25, 0.3) is 5.91 Å². The van der Waals surface area contributed by atoms with E-state index in [1.807, 2.05) is 46.1 Å². The molecular formula is C26H28F3N7O. The number of alkyl halides is 3. The maximum atomic E-state index is 14.0. The van der Waals surface area contributed by atoms with Gasteiger partial charge < -0.3 is 4.90 Å². The van der Waals surface area contributed by atoms with Crippen molar-refractivity contribution >= 4 is 11.6 Å². The number of hydrogen-bond acceptors (Lipinski definition) is 5. The second-order valence-electron chi connectivity index (χ2n) is 9.60. The number of halogens is 3. The van der Waals surface area contributed by atoms with Crippen molar-refractivity contribution in [3.05, 3.63) is 70.3 Å². The summed E-state index contributed by atoms with van der Waals surface area (Å²) in [5.41, 5.74) is 3.81. The van der Waals surface area contributed by atoms with Crippen molar-refractivity contribution in [2.75, 3.05) is 26.2 Å². The first-order chi connectivity index (χ1) is 17.5. The zero-order valence-electron chi connectivity index (χ0n) is 21.2. The number of rotatable bonds is 4. The molecule has 1 saturated heterocycles. The molecule has 4 aromatic rings. The highest BCUT2D eigenvalue weighted by Crippen LogP contribution is 2.33. The van der Waals surface area contributed by atoms with Gasteiger partial charge in [-0.2, -0.15) is 23.4 Å². The topological polar surface area (TPSA) is 71.6 Å². The van der Waals surface area contributed by atoms with E-state index >= 15 is 0 Å². The van der Waals surface area contributed by atoms with Crippen molar-refractivity contribution in [2.24, 2.45) is 7.05 Å². The van der Waals surface area contributed by atoms with Crippen molar-refractivity contribution in [1.82, 2.24) is 34.2 Å². The lowest BCUT2D eigenvalue weighted by molar-refractivity contribution is -0.142. The van der Waals surface area contributed by atoms with E-state index in [4.69, 9.17) is 0 Å². The van der Waals surface area contributed by atoms with E-state index in [0.29, 0.717) is 31.7 Å². The van der Waals surface area contributed by atoms with Gasteiger partial charge in [0.05, 0.1) is 11.4 Å². The zero-order chi connectivity index (χ0) is 26.5. The number of aryl methyl sites for hydroxylation is 4. The molecule has 3 aromatic heterocycles. The van der Waals surface area contributed by atoms with Crippen LogP contribution >= 0.6 is 0 Å². The lowest BCUT2D eigenvalue weighted by atomic mass is 10.0. The number of nitrogens with zero attached hydrogens (tertiary/aromatic N) is 7. The fourth-order valence-electron chi connectivity index (χ4n) is 4.65. The fourth-order valence-corrected chi connectivity index (χ4v) is 4.65. The Balaban J connectivity index is 1.39. The highest BCUT2D eigenvalue weighted by molar-refractivity contribution is 5.93. The van der Waals surface area contributed by atoms with Crippen molar-refractivity contribution in [2.45, 2.75) is 33.5 Å². The summed E-state index contributed by atoms with van der Waals surface area (Å²) >= 11 is 0. The Morgan fingerprint density at radius 1 is 0.973 bits per heavy atom. The van der Waals surface area contributed by atoms with Crippen LogP contribution in [0.4, 0.5) is 13.2 Å². The summed E-state index contributed by atoms with van der Waals surface area (Å²) in [6, 6.07) is 7.73. The molecule has 1 aromatic carbocycles. The van der Waals surface area contributed by atoms with E-state index in [9.17, 15) is 18.0 Å². The molecule has 1 aliphatic rings. The van der Waals surface area contributed by atoms with Crippen molar-refractivity contribution in [3.63, 3.8) is 0 Å². The third-order valence-corrected chi connectivity index (χ3v) is 6.91. The number of benzene rings is 1. The van der Waals surface area contributed by atoms with Crippen LogP contribution in [0.5, 0.6) is 0 Å². The maximum absolute atomic E-state index is 14.0. The lowest BCUT2D eigenvalue weighted by Gasteiger charge is -2.34. The molecule has 0 bridgehead atoms. The molecule has 0 N–H and O–H groups in total. The Kier molecular flexibility index (Phi) is 6.26. The Bertz CT molecular complexity index is 1480. The summed E-state index contributed by atoms with van der Waals surface area (Å²) in [5, 5.41) is 8.41. The maximum Gasteiger partial charge on any atom is 0.433 e. The summed E-state index contributed by atoms with van der Waals surface area (Å²) < 4.78 is 44.4. The molecule has 1 aliphatic heterocycles. The molecule has 5 rings (SSSR count). The number of amides is 1. The summed E-state index contributed by atoms with van der Waals surface area (Å²) in [5.74, 6) is -0.399. The van der Waals surface area contributed by atoms with Gasteiger partial charge in [0, 0.05) is 63.2 Å². The Morgan fingerprint density at radius 3 is 2.32 bits per heavy atom. The minimum Gasteiger partial charge on any atom is -0.335 e. The standard InChI is InChI=1S/C26H28F3N7O/c1-16-5-6-19(11-17(16)2)21-12-23(26(27,28)29)36-24(30-21)13-22(32-36)25(37)35-9-7-34(8-10-35)15-20-14-33(4)31-18(20)3/h5-6,11-14H,7-10,15H2,1-4H3. The predicted molar refractivity (Wildman–Crippen MR) is 132 cm³/mol. The number of aromatic nitrogens is 5. The molecule has 1 fully saturated rings. The van der Waals surface area contributed by atoms with Crippen LogP contribution in [-0.4, -0.2) is 66.3 Å². The van der Waals surface area contributed by atoms with Gasteiger partial charge in [0.1, 0.15) is 0 Å². The molecule has 11 heteroatoms. The van der Waals surface area contributed by atoms with Gasteiger partial charge in [-0.1, -0.05) is 12.1 Å². The zero-order valence-corrected chi connectivity index (χ0v) is 21.2. The molecule has 0 aliphatic carbocycles. The van der Waals surface area contributed by atoms with Gasteiger partial charge in [-0.25, -0.2) is 9.50 Å². The quantitative estimate of drug-likeness (QED) is 0.414. The average molecular weight is 512 g/mol. The minimum atomic E-state index is -4.67. The van der Waals surface area contributed by atoms with Gasteiger partial charge in [0.15, 0.2) is 17.0 Å². The van der Waals surface area contributed by atoms with Gasteiger partial charge in [-0.3, -0.25) is 14.4 Å². The van der Waals surface area contributed by atoms with E-state index < -0.39 is 17.8 Å². The summed E-state index contributed by atoms with van der Waals surface area (Å²) in [7, 11) is 1.88. The summed E-state index contributed by atoms with van der Waals surface area (Å²) in [6.07, 6.45) is -2.68. The highest BCUT2D eigenvalue weighted by Gasteiger charge is 2.36. The largest absolute Gasteiger partial charge is 0.433 e. The van der Waals surface area contributed by atoms with Gasteiger partial charge in [0.2, 0.25) is 0 Å². The van der Waals surface area contributed by atoms with Gasteiger partial charge in [-0.15, -0.1) is 0 Å². The molecule has 0 saturated carbocycles. The summed E-state index contributed by atoms with van der Waals surface area (Å²) in [4.78, 5) is 21.5. The molecule has 8 nitrogen and oxygen atoms in total. The van der Waals surface area contributed by atoms with E-state index in [2.05, 4.69) is 20.1 Å². The van der Waals surface area contributed by atoms with Crippen LogP contribution in [0.25, 0.3) is 16.9 Å². The second-order valence-corrected chi connectivity index (χ2v) is 9.60. The molecule has 0 atom stereocenters. The van der Waals surface area contributed by atoms with Crippen LogP contribution in [0.2, 0.25) is 0 Å². The number of fused-ring (bicyclic) bond motifs is 1. The van der Waals surface area contributed by atoms with Gasteiger partial charge in [-0.05, 0) is 44.0 Å². The van der Waals surface area contributed by atoms with Crippen LogP contribution < -0.4 is 0 Å². The van der Waals surface area contributed by atoms with E-state index in [-0.39, 0.29) is 17.0 Å². The molecule has 0 unspecified atom stereocenters. The number of carbonyl (C=O) groups is 1. The fraction of sp³-hybridized carbons (Fsp3) is 0.385. The molecule has 37 heavy (non-hydrogen) atoms. The van der Waals surface area contributed by atoms with E-state index in [1.54, 1.807) is 15.6 Å². The van der Waals surface area contributed by atoms with Crippen LogP contribution in [0.3, 0.4) is 0 Å². The average Bonchev–Trinajstić information content (AvgIpc) is 3.41. The first kappa shape index (κ1) is 24.9. The van der Waals surface area contributed by atoms with Crippen LogP contribution in [0.15, 0.2) is 36.5 Å². The number of hydrogen-bond donors (Lipinski definition) is 0.